The minimum atomic E-state index is -0.865. The van der Waals surface area contributed by atoms with Gasteiger partial charge in [-0.2, -0.15) is 0 Å². The van der Waals surface area contributed by atoms with Crippen LogP contribution >= 0.6 is 0 Å². The molecule has 6 heteroatoms. The Hall–Kier alpha value is -2.34. The number of aliphatic hydroxyl groups is 1. The van der Waals surface area contributed by atoms with Crippen LogP contribution in [0, 0.1) is 6.92 Å². The Kier molecular flexibility index (Phi) is 4.09. The second kappa shape index (κ2) is 6.04. The third-order valence-electron chi connectivity index (χ3n) is 4.37. The maximum atomic E-state index is 12.2. The number of rotatable bonds is 4. The van der Waals surface area contributed by atoms with Crippen LogP contribution in [-0.2, 0) is 4.79 Å². The second-order valence-corrected chi connectivity index (χ2v) is 6.28. The van der Waals surface area contributed by atoms with E-state index in [1.54, 1.807) is 29.0 Å². The largest absolute Gasteiger partial charge is 0.389 e. The molecule has 0 spiro atoms. The number of carbonyl (C=O) groups is 1. The molecule has 0 saturated heterocycles. The number of anilines is 1. The zero-order chi connectivity index (χ0) is 16.4. The van der Waals surface area contributed by atoms with Crippen LogP contribution < -0.4 is 11.0 Å². The molecule has 3 rings (SSSR count). The van der Waals surface area contributed by atoms with Gasteiger partial charge in [-0.25, -0.2) is 4.79 Å². The number of aromatic nitrogens is 2. The van der Waals surface area contributed by atoms with Crippen LogP contribution in [0.1, 0.15) is 37.8 Å². The highest BCUT2D eigenvalue weighted by atomic mass is 16.3. The van der Waals surface area contributed by atoms with E-state index >= 15 is 0 Å². The van der Waals surface area contributed by atoms with E-state index in [1.807, 2.05) is 13.0 Å². The van der Waals surface area contributed by atoms with Crippen LogP contribution in [0.5, 0.6) is 0 Å². The molecule has 6 nitrogen and oxygen atoms in total. The zero-order valence-corrected chi connectivity index (χ0v) is 13.1. The summed E-state index contributed by atoms with van der Waals surface area (Å²) in [5.41, 5.74) is 1.01. The second-order valence-electron chi connectivity index (χ2n) is 6.28. The molecule has 1 aromatic carbocycles. The van der Waals surface area contributed by atoms with Crippen molar-refractivity contribution in [3.8, 4) is 5.69 Å². The fourth-order valence-electron chi connectivity index (χ4n) is 3.21. The summed E-state index contributed by atoms with van der Waals surface area (Å²) in [4.78, 5) is 26.6. The monoisotopic (exact) mass is 315 g/mol. The molecule has 1 amide bonds. The fourth-order valence-corrected chi connectivity index (χ4v) is 3.21. The number of amides is 1. The van der Waals surface area contributed by atoms with Gasteiger partial charge in [0.1, 0.15) is 0 Å². The lowest BCUT2D eigenvalue weighted by Gasteiger charge is -2.21. The van der Waals surface area contributed by atoms with Crippen LogP contribution in [0.4, 0.5) is 5.69 Å². The van der Waals surface area contributed by atoms with Crippen molar-refractivity contribution in [3.63, 3.8) is 0 Å². The van der Waals surface area contributed by atoms with Gasteiger partial charge in [-0.3, -0.25) is 9.36 Å². The summed E-state index contributed by atoms with van der Waals surface area (Å²) in [6.45, 7) is 1.83. The Morgan fingerprint density at radius 2 is 2.13 bits per heavy atom. The van der Waals surface area contributed by atoms with Crippen molar-refractivity contribution in [3.05, 3.63) is 46.6 Å². The summed E-state index contributed by atoms with van der Waals surface area (Å²) < 4.78 is 1.54. The molecule has 0 atom stereocenters. The zero-order valence-electron chi connectivity index (χ0n) is 13.1. The molecular weight excluding hydrogens is 294 g/mol. The van der Waals surface area contributed by atoms with Crippen molar-refractivity contribution in [1.82, 2.24) is 9.55 Å². The molecule has 1 fully saturated rings. The van der Waals surface area contributed by atoms with Gasteiger partial charge >= 0.3 is 5.69 Å². The predicted molar refractivity (Wildman–Crippen MR) is 87.8 cm³/mol. The van der Waals surface area contributed by atoms with Gasteiger partial charge < -0.3 is 15.4 Å². The summed E-state index contributed by atoms with van der Waals surface area (Å²) >= 11 is 0. The smallest absolute Gasteiger partial charge is 0.330 e. The van der Waals surface area contributed by atoms with Gasteiger partial charge in [0.25, 0.3) is 0 Å². The minimum Gasteiger partial charge on any atom is -0.389 e. The minimum absolute atomic E-state index is 0.111. The highest BCUT2D eigenvalue weighted by Gasteiger charge is 2.33. The molecule has 0 bridgehead atoms. The first kappa shape index (κ1) is 15.6. The van der Waals surface area contributed by atoms with Crippen molar-refractivity contribution < 1.29 is 9.90 Å². The Bertz CT molecular complexity index is 769. The molecule has 23 heavy (non-hydrogen) atoms. The predicted octanol–water partition coefficient (Wildman–Crippen LogP) is 2.11. The third-order valence-corrected chi connectivity index (χ3v) is 4.37. The molecule has 1 aliphatic rings. The average Bonchev–Trinajstić information content (AvgIpc) is 3.05. The lowest BCUT2D eigenvalue weighted by atomic mass is 9.97. The first-order chi connectivity index (χ1) is 11.0. The average molecular weight is 315 g/mol. The molecule has 0 radical (unpaired) electrons. The van der Waals surface area contributed by atoms with E-state index in [1.165, 1.54) is 0 Å². The van der Waals surface area contributed by atoms with E-state index in [-0.39, 0.29) is 18.0 Å². The maximum Gasteiger partial charge on any atom is 0.330 e. The highest BCUT2D eigenvalue weighted by molar-refractivity contribution is 5.91. The van der Waals surface area contributed by atoms with Crippen LogP contribution in [0.25, 0.3) is 5.69 Å². The van der Waals surface area contributed by atoms with E-state index in [4.69, 9.17) is 0 Å². The fraction of sp³-hybridized carbons (Fsp3) is 0.412. The number of aryl methyl sites for hydroxylation is 1. The Morgan fingerprint density at radius 3 is 2.78 bits per heavy atom. The van der Waals surface area contributed by atoms with Crippen molar-refractivity contribution in [2.24, 2.45) is 0 Å². The number of H-pyrrole nitrogens is 1. The summed E-state index contributed by atoms with van der Waals surface area (Å²) in [7, 11) is 0. The Morgan fingerprint density at radius 1 is 1.39 bits per heavy atom. The quantitative estimate of drug-likeness (QED) is 0.807. The maximum absolute atomic E-state index is 12.2. The van der Waals surface area contributed by atoms with E-state index in [0.29, 0.717) is 24.2 Å². The van der Waals surface area contributed by atoms with Crippen LogP contribution in [-0.4, -0.2) is 26.2 Å². The van der Waals surface area contributed by atoms with Gasteiger partial charge in [0, 0.05) is 17.6 Å². The van der Waals surface area contributed by atoms with Crippen molar-refractivity contribution >= 4 is 11.6 Å². The molecule has 0 unspecified atom stereocenters. The Labute approximate surface area is 134 Å². The van der Waals surface area contributed by atoms with E-state index in [0.717, 1.165) is 18.5 Å². The van der Waals surface area contributed by atoms with E-state index in [9.17, 15) is 14.7 Å². The van der Waals surface area contributed by atoms with Gasteiger partial charge in [0.2, 0.25) is 5.91 Å². The van der Waals surface area contributed by atoms with Crippen molar-refractivity contribution in [1.29, 1.82) is 0 Å². The summed E-state index contributed by atoms with van der Waals surface area (Å²) in [5, 5.41) is 13.1. The number of imidazole rings is 1. The number of benzene rings is 1. The number of nitrogens with one attached hydrogen (secondary N) is 2. The lowest BCUT2D eigenvalue weighted by molar-refractivity contribution is -0.120. The molecular formula is C17H21N3O3. The van der Waals surface area contributed by atoms with Gasteiger partial charge in [-0.05, 0) is 38.0 Å². The standard InChI is InChI=1S/C17H21N3O3/c1-12-11-18-16(22)20(12)14-6-4-5-13(9-14)19-15(21)10-17(23)7-2-3-8-17/h4-6,9,11,23H,2-3,7-8,10H2,1H3,(H,18,22)(H,19,21). The van der Waals surface area contributed by atoms with Crippen LogP contribution in [0.2, 0.25) is 0 Å². The van der Waals surface area contributed by atoms with Gasteiger partial charge in [0.15, 0.2) is 0 Å². The highest BCUT2D eigenvalue weighted by Crippen LogP contribution is 2.32. The SMILES string of the molecule is Cc1c[nH]c(=O)n1-c1cccc(NC(=O)CC2(O)CCCC2)c1. The number of hydrogen-bond donors (Lipinski definition) is 3. The van der Waals surface area contributed by atoms with Gasteiger partial charge in [-0.1, -0.05) is 18.9 Å². The van der Waals surface area contributed by atoms with E-state index < -0.39 is 5.60 Å². The molecule has 1 aromatic heterocycles. The lowest BCUT2D eigenvalue weighted by Crippen LogP contribution is -2.30. The van der Waals surface area contributed by atoms with Crippen LogP contribution in [0.3, 0.4) is 0 Å². The molecule has 3 N–H and O–H groups in total. The molecule has 1 saturated carbocycles. The van der Waals surface area contributed by atoms with Crippen LogP contribution in [0.15, 0.2) is 35.3 Å². The van der Waals surface area contributed by atoms with Gasteiger partial charge in [-0.15, -0.1) is 0 Å². The molecule has 0 aliphatic heterocycles. The van der Waals surface area contributed by atoms with E-state index in [2.05, 4.69) is 10.3 Å². The number of nitrogens with zero attached hydrogens (tertiary/aromatic N) is 1. The molecule has 1 heterocycles. The first-order valence-electron chi connectivity index (χ1n) is 7.87. The molecule has 122 valence electrons. The van der Waals surface area contributed by atoms with Crippen molar-refractivity contribution in [2.75, 3.05) is 5.32 Å². The number of hydrogen-bond acceptors (Lipinski definition) is 3. The summed E-state index contributed by atoms with van der Waals surface area (Å²) in [6.07, 6.45) is 5.05. The number of aromatic amines is 1. The number of carbonyl (C=O) groups excluding carboxylic acids is 1. The Balaban J connectivity index is 1.75. The molecule has 1 aliphatic carbocycles. The normalized spacial score (nSPS) is 16.4. The first-order valence-corrected chi connectivity index (χ1v) is 7.87. The van der Waals surface area contributed by atoms with Gasteiger partial charge in [0.05, 0.1) is 17.7 Å². The molecule has 2 aromatic rings. The summed E-state index contributed by atoms with van der Waals surface area (Å²) in [5.74, 6) is -0.204. The van der Waals surface area contributed by atoms with Crippen molar-refractivity contribution in [2.45, 2.75) is 44.6 Å². The topological polar surface area (TPSA) is 87.1 Å². The third kappa shape index (κ3) is 3.37. The summed E-state index contributed by atoms with van der Waals surface area (Å²) in [6, 6.07) is 7.11.